The molecular weight excluding hydrogens is 346 g/mol. The summed E-state index contributed by atoms with van der Waals surface area (Å²) in [4.78, 5) is 38.6. The number of hydrogen-bond acceptors (Lipinski definition) is 6. The van der Waals surface area contributed by atoms with E-state index in [-0.39, 0.29) is 6.54 Å². The molecule has 1 aromatic heterocycles. The summed E-state index contributed by atoms with van der Waals surface area (Å²) < 4.78 is 18.9. The predicted octanol–water partition coefficient (Wildman–Crippen LogP) is 0.834. The number of nitrogens with one attached hydrogen (secondary N) is 2. The average molecular weight is 375 g/mol. The molecule has 9 nitrogen and oxygen atoms in total. The maximum Gasteiger partial charge on any atom is 0.501 e. The van der Waals surface area contributed by atoms with Crippen molar-refractivity contribution >= 4 is 8.80 Å². The number of hydrogen-bond donors (Lipinski definition) is 2. The lowest BCUT2D eigenvalue weighted by atomic mass is 10.5. The van der Waals surface area contributed by atoms with Crippen LogP contribution in [-0.4, -0.2) is 43.2 Å². The van der Waals surface area contributed by atoms with Crippen LogP contribution < -0.4 is 17.1 Å². The lowest BCUT2D eigenvalue weighted by Gasteiger charge is -2.29. The van der Waals surface area contributed by atoms with Gasteiger partial charge in [0.1, 0.15) is 0 Å². The molecule has 10 heteroatoms. The summed E-state index contributed by atoms with van der Waals surface area (Å²) >= 11 is 0. The van der Waals surface area contributed by atoms with E-state index in [1.54, 1.807) is 0 Å². The molecule has 0 fully saturated rings. The summed E-state index contributed by atoms with van der Waals surface area (Å²) in [6.07, 6.45) is 3.01. The van der Waals surface area contributed by atoms with E-state index in [9.17, 15) is 14.4 Å². The van der Waals surface area contributed by atoms with Gasteiger partial charge in [0.15, 0.2) is 0 Å². The molecule has 144 valence electrons. The second-order valence-electron chi connectivity index (χ2n) is 5.67. The summed E-state index contributed by atoms with van der Waals surface area (Å²) in [7, 11) is -2.86. The minimum atomic E-state index is -2.86. The van der Waals surface area contributed by atoms with Crippen molar-refractivity contribution in [2.45, 2.75) is 59.0 Å². The van der Waals surface area contributed by atoms with Crippen LogP contribution in [-0.2, 0) is 19.8 Å². The maximum absolute atomic E-state index is 11.7. The van der Waals surface area contributed by atoms with Crippen molar-refractivity contribution in [3.63, 3.8) is 0 Å². The molecule has 0 aromatic carbocycles. The van der Waals surface area contributed by atoms with E-state index in [1.807, 2.05) is 30.7 Å². The number of aromatic nitrogens is 3. The highest BCUT2D eigenvalue weighted by Gasteiger charge is 2.40. The van der Waals surface area contributed by atoms with Crippen molar-refractivity contribution < 1.29 is 13.3 Å². The summed E-state index contributed by atoms with van der Waals surface area (Å²) in [5.74, 6) is 0. The zero-order chi connectivity index (χ0) is 18.7. The number of nitrogens with zero attached hydrogens (tertiary/aromatic N) is 1. The predicted molar refractivity (Wildman–Crippen MR) is 95.9 cm³/mol. The van der Waals surface area contributed by atoms with Crippen LogP contribution in [0.2, 0.25) is 6.04 Å². The first kappa shape index (κ1) is 21.5. The van der Waals surface area contributed by atoms with Gasteiger partial charge in [-0.2, -0.15) is 0 Å². The van der Waals surface area contributed by atoms with E-state index in [0.717, 1.165) is 23.8 Å². The highest BCUT2D eigenvalue weighted by Crippen LogP contribution is 2.19. The van der Waals surface area contributed by atoms with E-state index in [4.69, 9.17) is 13.3 Å². The number of rotatable bonds is 13. The minimum Gasteiger partial charge on any atom is -0.373 e. The fourth-order valence-corrected chi connectivity index (χ4v) is 5.04. The lowest BCUT2D eigenvalue weighted by Crippen LogP contribution is -2.47. The number of H-pyrrole nitrogens is 2. The monoisotopic (exact) mass is 375 g/mol. The quantitative estimate of drug-likeness (QED) is 0.494. The Kier molecular flexibility index (Phi) is 9.64. The first-order chi connectivity index (χ1) is 12.0. The third-order valence-corrected chi connectivity index (χ3v) is 6.27. The van der Waals surface area contributed by atoms with Gasteiger partial charge in [0.2, 0.25) is 0 Å². The Morgan fingerprint density at radius 3 is 1.68 bits per heavy atom. The van der Waals surface area contributed by atoms with Gasteiger partial charge in [-0.15, -0.1) is 0 Å². The standard InChI is InChI=1S/C15H29N3O6Si/c1-4-9-22-25(23-10-5-2,24-11-6-3)12-7-8-18-14(20)16-13(19)17-15(18)21/h4-12H2,1-3H3,(H2,16,17,19,20,21). The first-order valence-corrected chi connectivity index (χ1v) is 10.8. The van der Waals surface area contributed by atoms with Crippen molar-refractivity contribution in [1.29, 1.82) is 0 Å². The Labute approximate surface area is 147 Å². The molecule has 0 aliphatic carbocycles. The van der Waals surface area contributed by atoms with E-state index in [0.29, 0.717) is 32.3 Å². The molecule has 0 bridgehead atoms. The van der Waals surface area contributed by atoms with E-state index in [2.05, 4.69) is 0 Å². The van der Waals surface area contributed by atoms with Gasteiger partial charge in [0, 0.05) is 32.4 Å². The van der Waals surface area contributed by atoms with Gasteiger partial charge in [0.05, 0.1) is 0 Å². The van der Waals surface area contributed by atoms with Crippen LogP contribution >= 0.6 is 0 Å². The van der Waals surface area contributed by atoms with Crippen molar-refractivity contribution in [1.82, 2.24) is 14.5 Å². The van der Waals surface area contributed by atoms with Crippen molar-refractivity contribution in [3.05, 3.63) is 31.5 Å². The van der Waals surface area contributed by atoms with Crippen LogP contribution in [0, 0.1) is 0 Å². The summed E-state index contributed by atoms with van der Waals surface area (Å²) in [6, 6.07) is 0.498. The van der Waals surface area contributed by atoms with Crippen LogP contribution in [0.25, 0.3) is 0 Å². The second-order valence-corrected chi connectivity index (χ2v) is 8.41. The Hall–Kier alpha value is -1.49. The molecule has 1 heterocycles. The second kappa shape index (κ2) is 11.2. The van der Waals surface area contributed by atoms with Crippen LogP contribution in [0.1, 0.15) is 46.5 Å². The smallest absolute Gasteiger partial charge is 0.373 e. The highest BCUT2D eigenvalue weighted by molar-refractivity contribution is 6.60. The molecule has 0 saturated heterocycles. The lowest BCUT2D eigenvalue weighted by molar-refractivity contribution is 0.0584. The first-order valence-electron chi connectivity index (χ1n) is 8.83. The van der Waals surface area contributed by atoms with Gasteiger partial charge in [-0.3, -0.25) is 9.97 Å². The molecule has 25 heavy (non-hydrogen) atoms. The molecule has 1 aromatic rings. The summed E-state index contributed by atoms with van der Waals surface area (Å²) in [6.45, 7) is 7.81. The fourth-order valence-electron chi connectivity index (χ4n) is 2.22. The maximum atomic E-state index is 11.7. The third-order valence-electron chi connectivity index (χ3n) is 3.37. The van der Waals surface area contributed by atoms with Crippen molar-refractivity contribution in [2.24, 2.45) is 0 Å². The van der Waals surface area contributed by atoms with Gasteiger partial charge in [-0.25, -0.2) is 19.0 Å². The molecule has 0 unspecified atom stereocenters. The largest absolute Gasteiger partial charge is 0.501 e. The Morgan fingerprint density at radius 1 is 0.840 bits per heavy atom. The van der Waals surface area contributed by atoms with Crippen molar-refractivity contribution in [3.8, 4) is 0 Å². The summed E-state index contributed by atoms with van der Waals surface area (Å²) in [5, 5.41) is 0. The normalized spacial score (nSPS) is 11.8. The van der Waals surface area contributed by atoms with Crippen LogP contribution in [0.5, 0.6) is 0 Å². The molecule has 0 aliphatic heterocycles. The Balaban J connectivity index is 2.83. The van der Waals surface area contributed by atoms with Crippen molar-refractivity contribution in [2.75, 3.05) is 19.8 Å². The highest BCUT2D eigenvalue weighted by atomic mass is 28.4. The molecule has 0 amide bonds. The molecular formula is C15H29N3O6Si. The summed E-state index contributed by atoms with van der Waals surface area (Å²) in [5.41, 5.74) is -2.25. The molecule has 0 aliphatic rings. The van der Waals surface area contributed by atoms with Gasteiger partial charge in [0.25, 0.3) is 0 Å². The van der Waals surface area contributed by atoms with E-state index < -0.39 is 25.9 Å². The van der Waals surface area contributed by atoms with Gasteiger partial charge in [-0.1, -0.05) is 20.8 Å². The zero-order valence-electron chi connectivity index (χ0n) is 15.3. The SMILES string of the molecule is CCCO[Si](CCCn1c(=O)[nH]c(=O)[nH]c1=O)(OCCC)OCCC. The molecule has 0 radical (unpaired) electrons. The Bertz CT molecular complexity index is 612. The Morgan fingerprint density at radius 2 is 1.28 bits per heavy atom. The molecule has 1 rings (SSSR count). The van der Waals surface area contributed by atoms with Crippen LogP contribution in [0.15, 0.2) is 14.4 Å². The molecule has 0 saturated carbocycles. The molecule has 2 N–H and O–H groups in total. The molecule has 0 spiro atoms. The van der Waals surface area contributed by atoms with Gasteiger partial charge >= 0.3 is 25.9 Å². The topological polar surface area (TPSA) is 115 Å². The van der Waals surface area contributed by atoms with E-state index in [1.165, 1.54) is 0 Å². The van der Waals surface area contributed by atoms with E-state index >= 15 is 0 Å². The van der Waals surface area contributed by atoms with Crippen LogP contribution in [0.4, 0.5) is 0 Å². The number of aromatic amines is 2. The fraction of sp³-hybridized carbons (Fsp3) is 0.800. The third kappa shape index (κ3) is 7.10. The minimum absolute atomic E-state index is 0.153. The van der Waals surface area contributed by atoms with Crippen LogP contribution in [0.3, 0.4) is 0 Å². The molecule has 0 atom stereocenters. The zero-order valence-corrected chi connectivity index (χ0v) is 16.3. The average Bonchev–Trinajstić information content (AvgIpc) is 2.58. The van der Waals surface area contributed by atoms with Gasteiger partial charge in [-0.05, 0) is 25.7 Å². The van der Waals surface area contributed by atoms with Gasteiger partial charge < -0.3 is 13.3 Å².